The molecule has 0 aliphatic rings. The van der Waals surface area contributed by atoms with E-state index in [1.807, 2.05) is 0 Å². The molecule has 6 nitrogen and oxygen atoms in total. The molecule has 0 aliphatic heterocycles. The summed E-state index contributed by atoms with van der Waals surface area (Å²) < 4.78 is 33.1. The summed E-state index contributed by atoms with van der Waals surface area (Å²) in [4.78, 5) is 0. The van der Waals surface area contributed by atoms with Crippen molar-refractivity contribution in [3.8, 4) is 11.5 Å². The minimum absolute atomic E-state index is 0.0903. The third kappa shape index (κ3) is 4.42. The molecule has 0 unspecified atom stereocenters. The monoisotopic (exact) mass is 274 g/mol. The lowest BCUT2D eigenvalue weighted by atomic mass is 10.1. The second-order valence-electron chi connectivity index (χ2n) is 4.84. The fourth-order valence-electron chi connectivity index (χ4n) is 1.30. The maximum absolute atomic E-state index is 11.8. The Morgan fingerprint density at radius 3 is 2.33 bits per heavy atom. The molecule has 0 fully saturated rings. The first kappa shape index (κ1) is 14.6. The molecule has 7 heteroatoms. The van der Waals surface area contributed by atoms with E-state index < -0.39 is 15.7 Å². The summed E-state index contributed by atoms with van der Waals surface area (Å²) in [6.45, 7) is 5.17. The Labute approximate surface area is 107 Å². The van der Waals surface area contributed by atoms with Crippen LogP contribution in [0.5, 0.6) is 11.5 Å². The predicted molar refractivity (Wildman–Crippen MR) is 70.1 cm³/mol. The van der Waals surface area contributed by atoms with E-state index in [0.29, 0.717) is 5.75 Å². The van der Waals surface area contributed by atoms with E-state index in [-0.39, 0.29) is 11.4 Å². The van der Waals surface area contributed by atoms with Crippen LogP contribution in [0.25, 0.3) is 0 Å². The zero-order valence-electron chi connectivity index (χ0n) is 10.8. The summed E-state index contributed by atoms with van der Waals surface area (Å²) >= 11 is 0. The van der Waals surface area contributed by atoms with Crippen molar-refractivity contribution in [1.29, 1.82) is 0 Å². The average Bonchev–Trinajstić information content (AvgIpc) is 2.17. The molecule has 0 aromatic heterocycles. The summed E-state index contributed by atoms with van der Waals surface area (Å²) in [7, 11) is -2.28. The van der Waals surface area contributed by atoms with Crippen molar-refractivity contribution in [3.63, 3.8) is 0 Å². The standard InChI is InChI=1S/C11H18N2O4S/c1-11(2,3)13-18(15,16)12-9-6-5-8(17-4)7-10(9)14/h5-7,12-14H,1-4H3. The van der Waals surface area contributed by atoms with Gasteiger partial charge in [-0.15, -0.1) is 0 Å². The highest BCUT2D eigenvalue weighted by Gasteiger charge is 2.20. The number of anilines is 1. The Kier molecular flexibility index (Phi) is 4.08. The van der Waals surface area contributed by atoms with Crippen molar-refractivity contribution in [2.75, 3.05) is 11.8 Å². The molecule has 3 N–H and O–H groups in total. The van der Waals surface area contributed by atoms with Crippen LogP contribution >= 0.6 is 0 Å². The van der Waals surface area contributed by atoms with Gasteiger partial charge in [-0.05, 0) is 32.9 Å². The van der Waals surface area contributed by atoms with Gasteiger partial charge in [-0.3, -0.25) is 4.72 Å². The van der Waals surface area contributed by atoms with Crippen LogP contribution in [0.4, 0.5) is 5.69 Å². The minimum atomic E-state index is -3.74. The number of hydrogen-bond donors (Lipinski definition) is 3. The molecule has 0 amide bonds. The number of nitrogens with one attached hydrogen (secondary N) is 2. The number of hydrogen-bond acceptors (Lipinski definition) is 4. The molecule has 0 saturated carbocycles. The molecule has 0 spiro atoms. The van der Waals surface area contributed by atoms with Crippen LogP contribution in [0.1, 0.15) is 20.8 Å². The first-order valence-electron chi connectivity index (χ1n) is 5.32. The number of aromatic hydroxyl groups is 1. The molecular weight excluding hydrogens is 256 g/mol. The van der Waals surface area contributed by atoms with E-state index in [1.165, 1.54) is 19.2 Å². The Morgan fingerprint density at radius 2 is 1.89 bits per heavy atom. The van der Waals surface area contributed by atoms with Gasteiger partial charge in [-0.25, -0.2) is 0 Å². The summed E-state index contributed by atoms with van der Waals surface area (Å²) in [5.41, 5.74) is -0.513. The largest absolute Gasteiger partial charge is 0.506 e. The molecule has 0 saturated heterocycles. The zero-order valence-corrected chi connectivity index (χ0v) is 11.6. The van der Waals surface area contributed by atoms with Crippen LogP contribution in [-0.2, 0) is 10.2 Å². The topological polar surface area (TPSA) is 87.7 Å². The lowest BCUT2D eigenvalue weighted by Gasteiger charge is -2.21. The molecule has 0 radical (unpaired) electrons. The molecule has 18 heavy (non-hydrogen) atoms. The van der Waals surface area contributed by atoms with Gasteiger partial charge >= 0.3 is 0 Å². The van der Waals surface area contributed by atoms with Crippen molar-refractivity contribution in [2.45, 2.75) is 26.3 Å². The molecule has 0 heterocycles. The Balaban J connectivity index is 2.91. The van der Waals surface area contributed by atoms with Gasteiger partial charge in [0.25, 0.3) is 10.2 Å². The van der Waals surface area contributed by atoms with Crippen molar-refractivity contribution in [2.24, 2.45) is 0 Å². The maximum atomic E-state index is 11.8. The highest BCUT2D eigenvalue weighted by atomic mass is 32.2. The number of benzene rings is 1. The van der Waals surface area contributed by atoms with E-state index in [2.05, 4.69) is 9.44 Å². The molecule has 1 aromatic rings. The van der Waals surface area contributed by atoms with E-state index in [9.17, 15) is 13.5 Å². The van der Waals surface area contributed by atoms with E-state index in [0.717, 1.165) is 0 Å². The molecular formula is C11H18N2O4S. The lowest BCUT2D eigenvalue weighted by Crippen LogP contribution is -2.43. The van der Waals surface area contributed by atoms with Crippen molar-refractivity contribution < 1.29 is 18.3 Å². The van der Waals surface area contributed by atoms with E-state index in [1.54, 1.807) is 26.8 Å². The predicted octanol–water partition coefficient (Wildman–Crippen LogP) is 1.45. The highest BCUT2D eigenvalue weighted by Crippen LogP contribution is 2.28. The first-order chi connectivity index (χ1) is 8.13. The zero-order chi connectivity index (χ0) is 14.0. The number of phenolic OH excluding ortho intramolecular Hbond substituents is 1. The van der Waals surface area contributed by atoms with E-state index in [4.69, 9.17) is 4.74 Å². The number of ether oxygens (including phenoxy) is 1. The van der Waals surface area contributed by atoms with E-state index >= 15 is 0 Å². The molecule has 102 valence electrons. The first-order valence-corrected chi connectivity index (χ1v) is 6.80. The van der Waals surface area contributed by atoms with Crippen LogP contribution in [0, 0.1) is 0 Å². The Morgan fingerprint density at radius 1 is 1.28 bits per heavy atom. The fourth-order valence-corrected chi connectivity index (χ4v) is 2.62. The van der Waals surface area contributed by atoms with Gasteiger partial charge in [0.1, 0.15) is 11.5 Å². The average molecular weight is 274 g/mol. The molecule has 0 aliphatic carbocycles. The molecule has 1 rings (SSSR count). The summed E-state index contributed by atoms with van der Waals surface area (Å²) in [5, 5.41) is 9.65. The van der Waals surface area contributed by atoms with Crippen molar-refractivity contribution in [3.05, 3.63) is 18.2 Å². The van der Waals surface area contributed by atoms with Crippen LogP contribution in [-0.4, -0.2) is 26.2 Å². The Bertz CT molecular complexity index is 520. The molecule has 1 aromatic carbocycles. The van der Waals surface area contributed by atoms with Gasteiger partial charge in [0.15, 0.2) is 0 Å². The van der Waals surface area contributed by atoms with Gasteiger partial charge in [0, 0.05) is 11.6 Å². The quantitative estimate of drug-likeness (QED) is 0.725. The summed E-state index contributed by atoms with van der Waals surface area (Å²) in [6, 6.07) is 4.31. The van der Waals surface area contributed by atoms with Gasteiger partial charge in [-0.2, -0.15) is 13.1 Å². The minimum Gasteiger partial charge on any atom is -0.506 e. The normalized spacial score (nSPS) is 12.2. The lowest BCUT2D eigenvalue weighted by molar-refractivity contribution is 0.408. The number of phenols is 1. The fraction of sp³-hybridized carbons (Fsp3) is 0.455. The second kappa shape index (κ2) is 5.03. The third-order valence-electron chi connectivity index (χ3n) is 1.89. The van der Waals surface area contributed by atoms with Crippen molar-refractivity contribution in [1.82, 2.24) is 4.72 Å². The van der Waals surface area contributed by atoms with Crippen LogP contribution in [0.2, 0.25) is 0 Å². The Hall–Kier alpha value is -1.47. The second-order valence-corrected chi connectivity index (χ2v) is 6.26. The van der Waals surface area contributed by atoms with Crippen LogP contribution in [0.3, 0.4) is 0 Å². The van der Waals surface area contributed by atoms with Gasteiger partial charge in [0.2, 0.25) is 0 Å². The van der Waals surface area contributed by atoms with Gasteiger partial charge in [0.05, 0.1) is 12.8 Å². The maximum Gasteiger partial charge on any atom is 0.299 e. The van der Waals surface area contributed by atoms with Crippen molar-refractivity contribution >= 4 is 15.9 Å². The number of methoxy groups -OCH3 is 1. The SMILES string of the molecule is COc1ccc(NS(=O)(=O)NC(C)(C)C)c(O)c1. The van der Waals surface area contributed by atoms with Gasteiger partial charge < -0.3 is 9.84 Å². The molecule has 0 bridgehead atoms. The smallest absolute Gasteiger partial charge is 0.299 e. The summed E-state index contributed by atoms with van der Waals surface area (Å²) in [6.07, 6.45) is 0. The van der Waals surface area contributed by atoms with Gasteiger partial charge in [-0.1, -0.05) is 0 Å². The van der Waals surface area contributed by atoms with Crippen LogP contribution < -0.4 is 14.2 Å². The summed E-state index contributed by atoms with van der Waals surface area (Å²) in [5.74, 6) is 0.243. The third-order valence-corrected chi connectivity index (χ3v) is 3.26. The van der Waals surface area contributed by atoms with Crippen LogP contribution in [0.15, 0.2) is 18.2 Å². The number of rotatable bonds is 4. The molecule has 0 atom stereocenters. The highest BCUT2D eigenvalue weighted by molar-refractivity contribution is 7.90.